The normalized spacial score (nSPS) is 15.2. The van der Waals surface area contributed by atoms with Crippen LogP contribution in [-0.2, 0) is 19.4 Å². The molecule has 1 aromatic rings. The fourth-order valence-electron chi connectivity index (χ4n) is 2.76. The van der Waals surface area contributed by atoms with Crippen LogP contribution in [0.1, 0.15) is 43.4 Å². The number of aryl methyl sites for hydroxylation is 2. The fourth-order valence-corrected chi connectivity index (χ4v) is 2.76. The fraction of sp³-hybridized carbons (Fsp3) is 0.625. The van der Waals surface area contributed by atoms with E-state index in [0.29, 0.717) is 0 Å². The molecule has 0 saturated carbocycles. The van der Waals surface area contributed by atoms with Crippen molar-refractivity contribution in [2.45, 2.75) is 51.6 Å². The molecule has 0 saturated heterocycles. The maximum Gasteiger partial charge on any atom is 0.0236 e. The maximum absolute atomic E-state index is 5.69. The summed E-state index contributed by atoms with van der Waals surface area (Å²) in [5.41, 5.74) is 10.4. The van der Waals surface area contributed by atoms with Gasteiger partial charge in [-0.05, 0) is 69.8 Å². The van der Waals surface area contributed by atoms with Crippen LogP contribution >= 0.6 is 0 Å². The molecule has 2 N–H and O–H groups in total. The van der Waals surface area contributed by atoms with Gasteiger partial charge in [0, 0.05) is 12.1 Å². The molecule has 0 unspecified atom stereocenters. The Balaban J connectivity index is 2.05. The minimum Gasteiger partial charge on any atom is -0.330 e. The smallest absolute Gasteiger partial charge is 0.0236 e. The third-order valence-electron chi connectivity index (χ3n) is 4.37. The van der Waals surface area contributed by atoms with Crippen molar-refractivity contribution in [3.63, 3.8) is 0 Å². The highest BCUT2D eigenvalue weighted by atomic mass is 15.2. The standard InChI is InChI=1S/C16H26N2/c1-16(2,9-10-17)18(3)12-13-7-8-14-5-4-6-15(14)11-13/h7-8,11H,4-6,9-10,12,17H2,1-3H3. The lowest BCUT2D eigenvalue weighted by atomic mass is 9.97. The van der Waals surface area contributed by atoms with E-state index in [-0.39, 0.29) is 5.54 Å². The summed E-state index contributed by atoms with van der Waals surface area (Å²) in [6.45, 7) is 6.31. The molecular formula is C16H26N2. The third kappa shape index (κ3) is 2.93. The van der Waals surface area contributed by atoms with E-state index in [1.807, 2.05) is 0 Å². The Labute approximate surface area is 111 Å². The number of benzene rings is 1. The summed E-state index contributed by atoms with van der Waals surface area (Å²) in [7, 11) is 2.20. The Kier molecular flexibility index (Phi) is 4.08. The number of nitrogens with two attached hydrogens (primary N) is 1. The number of hydrogen-bond acceptors (Lipinski definition) is 2. The summed E-state index contributed by atoms with van der Waals surface area (Å²) in [4.78, 5) is 2.41. The van der Waals surface area contributed by atoms with Crippen molar-refractivity contribution < 1.29 is 0 Å². The van der Waals surface area contributed by atoms with Gasteiger partial charge in [0.15, 0.2) is 0 Å². The molecule has 0 spiro atoms. The maximum atomic E-state index is 5.69. The Morgan fingerprint density at radius 3 is 2.67 bits per heavy atom. The zero-order valence-corrected chi connectivity index (χ0v) is 12.0. The zero-order chi connectivity index (χ0) is 13.2. The van der Waals surface area contributed by atoms with Crippen molar-refractivity contribution in [3.05, 3.63) is 34.9 Å². The summed E-state index contributed by atoms with van der Waals surface area (Å²) in [5, 5.41) is 0. The van der Waals surface area contributed by atoms with Crippen molar-refractivity contribution in [1.82, 2.24) is 4.90 Å². The minimum absolute atomic E-state index is 0.174. The minimum atomic E-state index is 0.174. The highest BCUT2D eigenvalue weighted by molar-refractivity contribution is 5.35. The summed E-state index contributed by atoms with van der Waals surface area (Å²) in [6, 6.07) is 7.01. The molecule has 2 rings (SSSR count). The van der Waals surface area contributed by atoms with Crippen LogP contribution in [0, 0.1) is 0 Å². The van der Waals surface area contributed by atoms with Crippen LogP contribution in [0.25, 0.3) is 0 Å². The lowest BCUT2D eigenvalue weighted by molar-refractivity contribution is 0.140. The van der Waals surface area contributed by atoms with E-state index in [2.05, 4.69) is 44.0 Å². The van der Waals surface area contributed by atoms with Gasteiger partial charge in [0.1, 0.15) is 0 Å². The average molecular weight is 246 g/mol. The Morgan fingerprint density at radius 2 is 1.94 bits per heavy atom. The van der Waals surface area contributed by atoms with Crippen molar-refractivity contribution in [2.24, 2.45) is 5.73 Å². The zero-order valence-electron chi connectivity index (χ0n) is 12.0. The molecule has 18 heavy (non-hydrogen) atoms. The Morgan fingerprint density at radius 1 is 1.22 bits per heavy atom. The quantitative estimate of drug-likeness (QED) is 0.865. The van der Waals surface area contributed by atoms with Gasteiger partial charge in [-0.1, -0.05) is 18.2 Å². The van der Waals surface area contributed by atoms with Crippen molar-refractivity contribution in [2.75, 3.05) is 13.6 Å². The second-order valence-corrected chi connectivity index (χ2v) is 6.16. The topological polar surface area (TPSA) is 29.3 Å². The summed E-state index contributed by atoms with van der Waals surface area (Å²) in [6.07, 6.45) is 4.89. The van der Waals surface area contributed by atoms with Crippen LogP contribution in [0.5, 0.6) is 0 Å². The van der Waals surface area contributed by atoms with Gasteiger partial charge in [-0.3, -0.25) is 4.90 Å². The average Bonchev–Trinajstić information content (AvgIpc) is 2.76. The SMILES string of the molecule is CN(Cc1ccc2c(c1)CCC2)C(C)(C)CCN. The van der Waals surface area contributed by atoms with Crippen LogP contribution in [0.15, 0.2) is 18.2 Å². The first-order valence-corrected chi connectivity index (χ1v) is 7.05. The van der Waals surface area contributed by atoms with E-state index in [9.17, 15) is 0 Å². The monoisotopic (exact) mass is 246 g/mol. The number of hydrogen-bond donors (Lipinski definition) is 1. The van der Waals surface area contributed by atoms with Gasteiger partial charge in [0.2, 0.25) is 0 Å². The van der Waals surface area contributed by atoms with Crippen LogP contribution in [-0.4, -0.2) is 24.0 Å². The molecule has 1 aliphatic rings. The molecule has 0 radical (unpaired) electrons. The van der Waals surface area contributed by atoms with Crippen LogP contribution < -0.4 is 5.73 Å². The van der Waals surface area contributed by atoms with Crippen LogP contribution in [0.2, 0.25) is 0 Å². The molecule has 100 valence electrons. The van der Waals surface area contributed by atoms with Gasteiger partial charge in [-0.15, -0.1) is 0 Å². The largest absolute Gasteiger partial charge is 0.330 e. The first-order chi connectivity index (χ1) is 8.53. The molecule has 1 aromatic carbocycles. The summed E-state index contributed by atoms with van der Waals surface area (Å²) >= 11 is 0. The molecule has 0 aliphatic heterocycles. The van der Waals surface area contributed by atoms with Crippen LogP contribution in [0.3, 0.4) is 0 Å². The molecule has 0 amide bonds. The number of rotatable bonds is 5. The molecule has 0 fully saturated rings. The van der Waals surface area contributed by atoms with Gasteiger partial charge in [-0.2, -0.15) is 0 Å². The van der Waals surface area contributed by atoms with E-state index in [1.165, 1.54) is 24.8 Å². The highest BCUT2D eigenvalue weighted by Gasteiger charge is 2.22. The Bertz CT molecular complexity index is 410. The van der Waals surface area contributed by atoms with Gasteiger partial charge in [0.25, 0.3) is 0 Å². The summed E-state index contributed by atoms with van der Waals surface area (Å²) < 4.78 is 0. The van der Waals surface area contributed by atoms with E-state index in [0.717, 1.165) is 19.5 Å². The molecule has 1 aliphatic carbocycles. The van der Waals surface area contributed by atoms with Gasteiger partial charge in [0.05, 0.1) is 0 Å². The summed E-state index contributed by atoms with van der Waals surface area (Å²) in [5.74, 6) is 0. The molecule has 0 aromatic heterocycles. The van der Waals surface area contributed by atoms with E-state index >= 15 is 0 Å². The van der Waals surface area contributed by atoms with Gasteiger partial charge < -0.3 is 5.73 Å². The van der Waals surface area contributed by atoms with Crippen LogP contribution in [0.4, 0.5) is 0 Å². The van der Waals surface area contributed by atoms with E-state index < -0.39 is 0 Å². The first kappa shape index (κ1) is 13.6. The van der Waals surface area contributed by atoms with Crippen molar-refractivity contribution in [1.29, 1.82) is 0 Å². The molecular weight excluding hydrogens is 220 g/mol. The predicted molar refractivity (Wildman–Crippen MR) is 77.7 cm³/mol. The van der Waals surface area contributed by atoms with Gasteiger partial charge >= 0.3 is 0 Å². The van der Waals surface area contributed by atoms with Gasteiger partial charge in [-0.25, -0.2) is 0 Å². The lowest BCUT2D eigenvalue weighted by Crippen LogP contribution is -2.42. The molecule has 0 heterocycles. The highest BCUT2D eigenvalue weighted by Crippen LogP contribution is 2.25. The first-order valence-electron chi connectivity index (χ1n) is 7.05. The molecule has 2 nitrogen and oxygen atoms in total. The molecule has 2 heteroatoms. The molecule has 0 atom stereocenters. The second-order valence-electron chi connectivity index (χ2n) is 6.16. The molecule has 0 bridgehead atoms. The Hall–Kier alpha value is -0.860. The number of nitrogens with zero attached hydrogens (tertiary/aromatic N) is 1. The van der Waals surface area contributed by atoms with E-state index in [1.54, 1.807) is 11.1 Å². The second kappa shape index (κ2) is 5.41. The number of fused-ring (bicyclic) bond motifs is 1. The van der Waals surface area contributed by atoms with Crippen molar-refractivity contribution in [3.8, 4) is 0 Å². The van der Waals surface area contributed by atoms with Crippen molar-refractivity contribution >= 4 is 0 Å². The van der Waals surface area contributed by atoms with E-state index in [4.69, 9.17) is 5.73 Å². The lowest BCUT2D eigenvalue weighted by Gasteiger charge is -2.35. The predicted octanol–water partition coefficient (Wildman–Crippen LogP) is 2.73. The third-order valence-corrected chi connectivity index (χ3v) is 4.37.